The standard InChI is InChI=1S/C55H54F4N7O3.PS.Tl/c1-7-37-40(56)23-21-34-27-35(60-47(32-15-10-8-11-16-32)33-17-12-9-13-18-33)28-38(44(34)37)48-46(57)49-45-41(61-48)19-14-20-42-43-24-22-36(66(43)53(67)69-54(2,3)4)29-65(42)51(45)63-52(62-49)68-31-55(5)30-64(6)26-25-39(55)50(58)59;1-2;/h8-13,15-18,21,23,27-28,36,39,42-43,50H,14,19-20,22,24-26,29-31H2,2-6H3;;/q;-1;+2/t36-,39-,42-,43+,55+;;/m1../s1. The number of likely N-dealkylation sites (tertiary alicyclic amines) is 1. The van der Waals surface area contributed by atoms with E-state index in [1.807, 2.05) is 104 Å². The van der Waals surface area contributed by atoms with Crippen LogP contribution in [0.1, 0.15) is 82.2 Å². The third-order valence-corrected chi connectivity index (χ3v) is 20.9. The van der Waals surface area contributed by atoms with Crippen LogP contribution >= 0.6 is 4.00 Å². The number of aromatic nitrogens is 3. The number of fused-ring (bicyclic) bond motifs is 6. The molecule has 17 heteroatoms. The molecule has 6 aromatic rings. The third-order valence-electron chi connectivity index (χ3n) is 14.5. The minimum absolute atomic E-state index is 0.0599. The Balaban J connectivity index is 1.20. The van der Waals surface area contributed by atoms with Crippen molar-refractivity contribution in [3.63, 3.8) is 0 Å². The Hall–Kier alpha value is -5.02. The first-order chi connectivity index (χ1) is 34.6. The van der Waals surface area contributed by atoms with E-state index in [1.165, 1.54) is 6.07 Å². The van der Waals surface area contributed by atoms with Gasteiger partial charge >= 0.3 is 294 Å². The summed E-state index contributed by atoms with van der Waals surface area (Å²) in [5.41, 5.74) is 2.03. The van der Waals surface area contributed by atoms with Gasteiger partial charge in [0.2, 0.25) is 6.43 Å². The number of hydrogen-bond acceptors (Lipinski definition) is 10. The molecule has 2 bridgehead atoms. The van der Waals surface area contributed by atoms with Gasteiger partial charge < -0.3 is 9.64 Å². The van der Waals surface area contributed by atoms with Gasteiger partial charge in [-0.3, -0.25) is 4.90 Å². The number of amides is 1. The number of hydrogen-bond donors (Lipinski definition) is 0. The Morgan fingerprint density at radius 2 is 1.69 bits per heavy atom. The van der Waals surface area contributed by atoms with Crippen molar-refractivity contribution in [3.05, 3.63) is 119 Å². The summed E-state index contributed by atoms with van der Waals surface area (Å²) >= 11 is 3.55. The summed E-state index contributed by atoms with van der Waals surface area (Å²) < 4.78 is 80.6. The van der Waals surface area contributed by atoms with Crippen molar-refractivity contribution in [2.24, 2.45) is 16.3 Å². The zero-order chi connectivity index (χ0) is 50.5. The summed E-state index contributed by atoms with van der Waals surface area (Å²) in [6.45, 7) is 8.49. The second kappa shape index (κ2) is 20.7. The fraction of sp³-hybridized carbons (Fsp3) is 0.400. The van der Waals surface area contributed by atoms with E-state index in [1.54, 1.807) is 19.1 Å². The van der Waals surface area contributed by atoms with Crippen LogP contribution in [0.3, 0.4) is 0 Å². The molecule has 2 aromatic heterocycles. The minimum Gasteiger partial charge on any atom is -0.444 e. The minimum atomic E-state index is -2.57. The van der Waals surface area contributed by atoms with E-state index < -0.39 is 58.1 Å². The third kappa shape index (κ3) is 10.0. The van der Waals surface area contributed by atoms with Crippen molar-refractivity contribution < 1.29 is 31.8 Å². The van der Waals surface area contributed by atoms with Crippen molar-refractivity contribution in [1.82, 2.24) is 24.8 Å². The maximum atomic E-state index is 18.5. The second-order valence-electron chi connectivity index (χ2n) is 20.7. The van der Waals surface area contributed by atoms with Gasteiger partial charge in [-0.25, -0.2) is 13.6 Å². The van der Waals surface area contributed by atoms with Gasteiger partial charge in [-0.2, -0.15) is 0 Å². The summed E-state index contributed by atoms with van der Waals surface area (Å²) in [6.07, 6.45) is 0.539. The number of piperazine rings is 1. The number of alkyl halides is 2. The topological polar surface area (TPSA) is 96.3 Å². The molecule has 368 valence electrons. The number of carbonyl (C=O) groups excluding carboxylic acids is 1. The molecule has 0 saturated carbocycles. The van der Waals surface area contributed by atoms with Crippen molar-refractivity contribution >= 4 is 83.9 Å². The van der Waals surface area contributed by atoms with Crippen molar-refractivity contribution in [2.45, 2.75) is 96.4 Å². The van der Waals surface area contributed by atoms with Crippen LogP contribution < -0.4 is 9.64 Å². The molecule has 1 amide bonds. The molecule has 10 rings (SSSR count). The summed E-state index contributed by atoms with van der Waals surface area (Å²) in [5.74, 6) is 1.23. The molecule has 0 N–H and O–H groups in total. The molecule has 4 aromatic carbocycles. The van der Waals surface area contributed by atoms with Crippen LogP contribution in [-0.2, 0) is 23.0 Å². The van der Waals surface area contributed by atoms with E-state index in [0.29, 0.717) is 78.0 Å². The van der Waals surface area contributed by atoms with Gasteiger partial charge in [0.25, 0.3) is 0 Å². The van der Waals surface area contributed by atoms with Crippen LogP contribution in [-0.4, -0.2) is 123 Å². The van der Waals surface area contributed by atoms with Crippen LogP contribution in [0.25, 0.3) is 32.9 Å². The van der Waals surface area contributed by atoms with Gasteiger partial charge in [-0.1, -0.05) is 19.1 Å². The van der Waals surface area contributed by atoms with Gasteiger partial charge in [0.1, 0.15) is 5.60 Å². The maximum Gasteiger partial charge on any atom is 0.410 e. The predicted molar refractivity (Wildman–Crippen MR) is 279 cm³/mol. The molecule has 4 aliphatic rings. The summed E-state index contributed by atoms with van der Waals surface area (Å²) in [5, 5.41) is 1.37. The van der Waals surface area contributed by atoms with E-state index in [0.717, 1.165) is 28.0 Å². The van der Waals surface area contributed by atoms with Crippen LogP contribution in [0.4, 0.5) is 33.9 Å². The molecule has 5 atom stereocenters. The summed E-state index contributed by atoms with van der Waals surface area (Å²) in [7, 11) is 1.90. The molecule has 6 heterocycles. The number of piperidine rings is 1. The molecule has 0 spiro atoms. The quantitative estimate of drug-likeness (QED) is 0.0485. The van der Waals surface area contributed by atoms with E-state index in [-0.39, 0.29) is 65.6 Å². The largest absolute Gasteiger partial charge is 0.444 e. The summed E-state index contributed by atoms with van der Waals surface area (Å²) in [6, 6.07) is 25.4. The number of ether oxygens (including phenoxy) is 2. The smallest absolute Gasteiger partial charge is 0.410 e. The van der Waals surface area contributed by atoms with Gasteiger partial charge in [0.15, 0.2) is 0 Å². The molecule has 0 unspecified atom stereocenters. The first kappa shape index (κ1) is 50.5. The van der Waals surface area contributed by atoms with Gasteiger partial charge in [-0.05, 0) is 53.6 Å². The number of halogens is 4. The maximum absolute atomic E-state index is 18.5. The molecule has 3 saturated heterocycles. The number of pyridine rings is 1. The number of aliphatic imine (C=N–C) groups is 1. The van der Waals surface area contributed by atoms with Crippen LogP contribution in [0, 0.1) is 32.4 Å². The Labute approximate surface area is 434 Å². The molecular formula is C55H54F4N7O3PSTl+. The van der Waals surface area contributed by atoms with E-state index in [2.05, 4.69) is 14.3 Å². The van der Waals surface area contributed by atoms with Crippen LogP contribution in [0.5, 0.6) is 6.01 Å². The van der Waals surface area contributed by atoms with Crippen molar-refractivity contribution in [2.75, 3.05) is 38.2 Å². The van der Waals surface area contributed by atoms with Crippen molar-refractivity contribution in [1.29, 1.82) is 0 Å². The fourth-order valence-electron chi connectivity index (χ4n) is 11.4. The Morgan fingerprint density at radius 1 is 0.958 bits per heavy atom. The average molecular weight is 1200 g/mol. The van der Waals surface area contributed by atoms with E-state index >= 15 is 8.78 Å². The Bertz CT molecular complexity index is 3200. The fourth-order valence-corrected chi connectivity index (χ4v) is 14.9. The molecule has 72 heavy (non-hydrogen) atoms. The SMILES string of the molecule is CN1CC[C@H](C(F)F)[C@](C)(COc2nc3c4c(nc(-c5cc(N=C(c6ccccc6)c6ccccc6)cc6ccc(F)c(C#[C][Tl]=[P+]=S)c56)c(F)c4n2)CCC[C@@H]2[C@@H]4CC[C@H](CN32)N4C(=O)OC(C)(C)C)C1. The normalized spacial score (nSPS) is 21.8. The van der Waals surface area contributed by atoms with Gasteiger partial charge in [-0.15, -0.1) is 0 Å². The first-order valence-electron chi connectivity index (χ1n) is 24.5. The first-order valence-corrected chi connectivity index (χ1v) is 34.7. The zero-order valence-corrected chi connectivity index (χ0v) is 47.0. The summed E-state index contributed by atoms with van der Waals surface area (Å²) in [4.78, 5) is 40.3. The van der Waals surface area contributed by atoms with Gasteiger partial charge in [0.05, 0.1) is 12.1 Å². The number of nitrogens with zero attached hydrogens (tertiary/aromatic N) is 7. The van der Waals surface area contributed by atoms with Gasteiger partial charge in [0, 0.05) is 17.9 Å². The monoisotopic (exact) mass is 1200 g/mol. The Morgan fingerprint density at radius 3 is 2.39 bits per heavy atom. The molecular weight excluding hydrogens is 1150 g/mol. The van der Waals surface area contributed by atoms with Crippen LogP contribution in [0.15, 0.2) is 89.9 Å². The number of aryl methyl sites for hydroxylation is 1. The van der Waals surface area contributed by atoms with Crippen molar-refractivity contribution in [3.8, 4) is 26.7 Å². The molecule has 10 nitrogen and oxygen atoms in total. The number of rotatable bonds is 8. The Kier molecular flexibility index (Phi) is 14.5. The predicted octanol–water partition coefficient (Wildman–Crippen LogP) is 11.5. The molecule has 0 radical (unpaired) electrons. The zero-order valence-electron chi connectivity index (χ0n) is 40.8. The molecule has 0 aliphatic carbocycles. The van der Waals surface area contributed by atoms with E-state index in [9.17, 15) is 13.6 Å². The second-order valence-corrected chi connectivity index (χ2v) is 33.3. The number of carbonyl (C=O) groups is 1. The molecule has 3 fully saturated rings. The van der Waals surface area contributed by atoms with E-state index in [4.69, 9.17) is 41.2 Å². The average Bonchev–Trinajstić information content (AvgIpc) is 3.68. The molecule has 4 aliphatic heterocycles. The van der Waals surface area contributed by atoms with Crippen LogP contribution in [0.2, 0.25) is 0 Å². The number of anilines is 1. The number of benzene rings is 4.